The Hall–Kier alpha value is -4.73. The summed E-state index contributed by atoms with van der Waals surface area (Å²) in [6, 6.07) is 43.9. The van der Waals surface area contributed by atoms with Crippen molar-refractivity contribution in [3.63, 3.8) is 0 Å². The Morgan fingerprint density at radius 1 is 0.579 bits per heavy atom. The first-order valence-corrected chi connectivity index (χ1v) is 13.4. The minimum Gasteiger partial charge on any atom is -0.454 e. The predicted molar refractivity (Wildman–Crippen MR) is 157 cm³/mol. The van der Waals surface area contributed by atoms with Gasteiger partial charge in [0.15, 0.2) is 11.5 Å². The van der Waals surface area contributed by atoms with Gasteiger partial charge in [0, 0.05) is 16.7 Å². The van der Waals surface area contributed by atoms with Crippen LogP contribution in [0.2, 0.25) is 0 Å². The van der Waals surface area contributed by atoms with Crippen molar-refractivity contribution in [2.24, 2.45) is 0 Å². The molecule has 2 aromatic heterocycles. The van der Waals surface area contributed by atoms with E-state index in [0.29, 0.717) is 22.6 Å². The summed E-state index contributed by atoms with van der Waals surface area (Å²) in [6.07, 6.45) is 2.12. The number of thiophene rings is 1. The molecule has 4 aromatic carbocycles. The molecule has 2 nitrogen and oxygen atoms in total. The molecule has 0 N–H and O–H groups in total. The summed E-state index contributed by atoms with van der Waals surface area (Å²) in [5.41, 5.74) is 5.99. The monoisotopic (exact) mass is 508 g/mol. The van der Waals surface area contributed by atoms with Gasteiger partial charge in [-0.3, -0.25) is 4.79 Å². The first kappa shape index (κ1) is 23.7. The Bertz CT molecular complexity index is 1640. The molecule has 0 saturated heterocycles. The molecule has 0 bridgehead atoms. The van der Waals surface area contributed by atoms with E-state index >= 15 is 0 Å². The normalized spacial score (nSPS) is 10.7. The van der Waals surface area contributed by atoms with Crippen molar-refractivity contribution in [2.75, 3.05) is 0 Å². The van der Waals surface area contributed by atoms with Crippen molar-refractivity contribution in [3.8, 4) is 22.0 Å². The Balaban J connectivity index is 1.69. The molecule has 0 radical (unpaired) electrons. The summed E-state index contributed by atoms with van der Waals surface area (Å²) in [7, 11) is 0. The molecular weight excluding hydrogens is 484 g/mol. The standard InChI is InChI=1S/C35H24O2S/c36-33(27-18-9-3-10-19-27)32-30(24-29(25-14-5-1-6-15-25)26-16-7-2-8-17-26)35(31-22-13-23-38-31)37-34(32)28-20-11-4-12-21-28/h1-24H. The van der Waals surface area contributed by atoms with Crippen molar-refractivity contribution in [2.45, 2.75) is 0 Å². The molecular formula is C35H24O2S. The Kier molecular flexibility index (Phi) is 6.67. The first-order chi connectivity index (χ1) is 18.8. The number of rotatable bonds is 7. The molecule has 6 rings (SSSR count). The maximum Gasteiger partial charge on any atom is 0.197 e. The van der Waals surface area contributed by atoms with Crippen LogP contribution in [-0.4, -0.2) is 5.78 Å². The lowest BCUT2D eigenvalue weighted by atomic mass is 9.91. The largest absolute Gasteiger partial charge is 0.454 e. The number of carbonyl (C=O) groups excluding carboxylic acids is 1. The van der Waals surface area contributed by atoms with E-state index in [9.17, 15) is 4.79 Å². The predicted octanol–water partition coefficient (Wildman–Crippen LogP) is 9.49. The second kappa shape index (κ2) is 10.7. The van der Waals surface area contributed by atoms with E-state index in [1.165, 1.54) is 0 Å². The van der Waals surface area contributed by atoms with Gasteiger partial charge in [0.1, 0.15) is 5.76 Å². The molecule has 3 heteroatoms. The van der Waals surface area contributed by atoms with Crippen LogP contribution in [0.1, 0.15) is 32.6 Å². The Morgan fingerprint density at radius 2 is 1.11 bits per heavy atom. The number of furan rings is 1. The molecule has 0 aliphatic carbocycles. The molecule has 0 fully saturated rings. The van der Waals surface area contributed by atoms with Crippen LogP contribution >= 0.6 is 11.3 Å². The number of hydrogen-bond donors (Lipinski definition) is 0. The topological polar surface area (TPSA) is 30.2 Å². The highest BCUT2D eigenvalue weighted by Gasteiger charge is 2.28. The number of carbonyl (C=O) groups is 1. The Morgan fingerprint density at radius 3 is 1.63 bits per heavy atom. The van der Waals surface area contributed by atoms with E-state index in [1.54, 1.807) is 11.3 Å². The molecule has 0 aliphatic heterocycles. The number of hydrogen-bond acceptors (Lipinski definition) is 3. The zero-order chi connectivity index (χ0) is 25.7. The lowest BCUT2D eigenvalue weighted by molar-refractivity contribution is 0.103. The average molecular weight is 509 g/mol. The van der Waals surface area contributed by atoms with Crippen LogP contribution in [0.15, 0.2) is 143 Å². The van der Waals surface area contributed by atoms with Crippen LogP contribution in [-0.2, 0) is 0 Å². The molecule has 6 aromatic rings. The lowest BCUT2D eigenvalue weighted by Crippen LogP contribution is -2.04. The molecule has 0 spiro atoms. The van der Waals surface area contributed by atoms with Crippen LogP contribution in [0, 0.1) is 0 Å². The van der Waals surface area contributed by atoms with Gasteiger partial charge in [-0.25, -0.2) is 0 Å². The van der Waals surface area contributed by atoms with Crippen molar-refractivity contribution in [3.05, 3.63) is 167 Å². The van der Waals surface area contributed by atoms with Gasteiger partial charge in [-0.1, -0.05) is 127 Å². The fraction of sp³-hybridized carbons (Fsp3) is 0. The van der Waals surface area contributed by atoms with Gasteiger partial charge in [0.2, 0.25) is 0 Å². The van der Waals surface area contributed by atoms with Crippen molar-refractivity contribution >= 4 is 28.8 Å². The number of benzene rings is 4. The van der Waals surface area contributed by atoms with Crippen LogP contribution < -0.4 is 0 Å². The second-order valence-corrected chi connectivity index (χ2v) is 9.83. The van der Waals surface area contributed by atoms with Crippen LogP contribution in [0.25, 0.3) is 33.6 Å². The van der Waals surface area contributed by atoms with Gasteiger partial charge in [0.25, 0.3) is 0 Å². The van der Waals surface area contributed by atoms with E-state index in [1.807, 2.05) is 115 Å². The highest BCUT2D eigenvalue weighted by Crippen LogP contribution is 2.42. The van der Waals surface area contributed by atoms with E-state index < -0.39 is 0 Å². The maximum atomic E-state index is 14.2. The summed E-state index contributed by atoms with van der Waals surface area (Å²) < 4.78 is 6.64. The molecule has 182 valence electrons. The van der Waals surface area contributed by atoms with E-state index in [2.05, 4.69) is 30.3 Å². The molecule has 2 heterocycles. The minimum atomic E-state index is -0.0669. The summed E-state index contributed by atoms with van der Waals surface area (Å²) in [6.45, 7) is 0. The summed E-state index contributed by atoms with van der Waals surface area (Å²) in [5.74, 6) is 1.21. The number of ketones is 1. The minimum absolute atomic E-state index is 0.0669. The van der Waals surface area contributed by atoms with Crippen molar-refractivity contribution in [1.82, 2.24) is 0 Å². The molecule has 38 heavy (non-hydrogen) atoms. The lowest BCUT2D eigenvalue weighted by Gasteiger charge is -2.10. The summed E-state index contributed by atoms with van der Waals surface area (Å²) >= 11 is 1.60. The molecule has 0 amide bonds. The zero-order valence-electron chi connectivity index (χ0n) is 20.6. The zero-order valence-corrected chi connectivity index (χ0v) is 21.4. The van der Waals surface area contributed by atoms with Crippen molar-refractivity contribution in [1.29, 1.82) is 0 Å². The molecule has 0 aliphatic rings. The van der Waals surface area contributed by atoms with Gasteiger partial charge >= 0.3 is 0 Å². The Labute approximate surface area is 226 Å². The molecule has 0 atom stereocenters. The molecule has 0 saturated carbocycles. The highest BCUT2D eigenvalue weighted by atomic mass is 32.1. The third kappa shape index (κ3) is 4.68. The van der Waals surface area contributed by atoms with Gasteiger partial charge in [-0.2, -0.15) is 0 Å². The van der Waals surface area contributed by atoms with Gasteiger partial charge in [0.05, 0.1) is 10.4 Å². The third-order valence-corrected chi connectivity index (χ3v) is 7.32. The maximum absolute atomic E-state index is 14.2. The van der Waals surface area contributed by atoms with Crippen LogP contribution in [0.5, 0.6) is 0 Å². The quantitative estimate of drug-likeness (QED) is 0.201. The third-order valence-electron chi connectivity index (χ3n) is 6.45. The smallest absolute Gasteiger partial charge is 0.197 e. The second-order valence-electron chi connectivity index (χ2n) is 8.88. The average Bonchev–Trinajstić information content (AvgIpc) is 3.66. The van der Waals surface area contributed by atoms with Crippen LogP contribution in [0.3, 0.4) is 0 Å². The van der Waals surface area contributed by atoms with Crippen molar-refractivity contribution < 1.29 is 9.21 Å². The van der Waals surface area contributed by atoms with E-state index in [-0.39, 0.29) is 5.78 Å². The summed E-state index contributed by atoms with van der Waals surface area (Å²) in [5, 5.41) is 2.03. The van der Waals surface area contributed by atoms with Crippen LogP contribution in [0.4, 0.5) is 0 Å². The SMILES string of the molecule is O=C(c1ccccc1)c1c(-c2ccccc2)oc(-c2cccs2)c1C=C(c1ccccc1)c1ccccc1. The summed E-state index contributed by atoms with van der Waals surface area (Å²) in [4.78, 5) is 15.2. The fourth-order valence-corrected chi connectivity index (χ4v) is 5.36. The van der Waals surface area contributed by atoms with Gasteiger partial charge in [-0.15, -0.1) is 11.3 Å². The van der Waals surface area contributed by atoms with Gasteiger partial charge in [-0.05, 0) is 34.2 Å². The van der Waals surface area contributed by atoms with Gasteiger partial charge < -0.3 is 4.42 Å². The van der Waals surface area contributed by atoms with E-state index in [4.69, 9.17) is 4.42 Å². The molecule has 0 unspecified atom stereocenters. The highest BCUT2D eigenvalue weighted by molar-refractivity contribution is 7.13. The van der Waals surface area contributed by atoms with E-state index in [0.717, 1.165) is 32.7 Å². The fourth-order valence-electron chi connectivity index (χ4n) is 4.64. The first-order valence-electron chi connectivity index (χ1n) is 12.5.